The average Bonchev–Trinajstić information content (AvgIpc) is 3.36. The molecule has 31 heavy (non-hydrogen) atoms. The van der Waals surface area contributed by atoms with Gasteiger partial charge in [0.15, 0.2) is 0 Å². The lowest BCUT2D eigenvalue weighted by Crippen LogP contribution is -2.55. The highest BCUT2D eigenvalue weighted by Crippen LogP contribution is 2.30. The maximum Gasteiger partial charge on any atom is 0.407 e. The Bertz CT molecular complexity index is 865. The lowest BCUT2D eigenvalue weighted by molar-refractivity contribution is -0.140. The number of piperidine rings is 1. The van der Waals surface area contributed by atoms with Gasteiger partial charge in [0.05, 0.1) is 12.0 Å². The summed E-state index contributed by atoms with van der Waals surface area (Å²) in [7, 11) is 0. The van der Waals surface area contributed by atoms with Gasteiger partial charge in [-0.2, -0.15) is 5.06 Å². The summed E-state index contributed by atoms with van der Waals surface area (Å²) in [5.41, 5.74) is 5.70. The molecule has 166 valence electrons. The van der Waals surface area contributed by atoms with E-state index in [1.807, 2.05) is 30.3 Å². The van der Waals surface area contributed by atoms with Crippen LogP contribution in [0.5, 0.6) is 0 Å². The number of hydrogen-bond acceptors (Lipinski definition) is 5. The van der Waals surface area contributed by atoms with Crippen LogP contribution in [0.1, 0.15) is 24.8 Å². The van der Waals surface area contributed by atoms with Gasteiger partial charge in [0.1, 0.15) is 12.6 Å². The van der Waals surface area contributed by atoms with E-state index in [4.69, 9.17) is 9.94 Å². The highest BCUT2D eigenvalue weighted by Gasteiger charge is 2.48. The van der Waals surface area contributed by atoms with Crippen molar-refractivity contribution in [1.82, 2.24) is 25.7 Å². The smallest absolute Gasteiger partial charge is 0.407 e. The predicted molar refractivity (Wildman–Crippen MR) is 106 cm³/mol. The molecule has 2 bridgehead atoms. The molecule has 0 radical (unpaired) electrons. The lowest BCUT2D eigenvalue weighted by Gasteiger charge is -2.29. The maximum atomic E-state index is 12.8. The summed E-state index contributed by atoms with van der Waals surface area (Å²) in [4.78, 5) is 57.0. The van der Waals surface area contributed by atoms with Crippen molar-refractivity contribution in [3.8, 4) is 0 Å². The molecule has 3 aliphatic heterocycles. The van der Waals surface area contributed by atoms with Crippen molar-refractivity contribution in [2.45, 2.75) is 38.0 Å². The number of amides is 5. The highest BCUT2D eigenvalue weighted by molar-refractivity contribution is 5.90. The summed E-state index contributed by atoms with van der Waals surface area (Å²) in [6, 6.07) is 8.33. The first kappa shape index (κ1) is 20.9. The fraction of sp³-hybridized carbons (Fsp3) is 0.500. The zero-order chi connectivity index (χ0) is 22.0. The van der Waals surface area contributed by atoms with Crippen LogP contribution in [0.3, 0.4) is 0 Å². The van der Waals surface area contributed by atoms with Crippen LogP contribution in [0.15, 0.2) is 30.3 Å². The van der Waals surface area contributed by atoms with Gasteiger partial charge in [0, 0.05) is 19.6 Å². The summed E-state index contributed by atoms with van der Waals surface area (Å²) in [6.07, 6.45) is 0.402. The molecule has 3 saturated heterocycles. The van der Waals surface area contributed by atoms with E-state index in [0.717, 1.165) is 5.56 Å². The Balaban J connectivity index is 1.28. The van der Waals surface area contributed by atoms with Crippen LogP contribution in [0.25, 0.3) is 0 Å². The van der Waals surface area contributed by atoms with Gasteiger partial charge in [0.2, 0.25) is 5.91 Å². The molecule has 3 N–H and O–H groups in total. The fourth-order valence-corrected chi connectivity index (χ4v) is 4.25. The first-order valence-electron chi connectivity index (χ1n) is 10.3. The minimum absolute atomic E-state index is 0.0977. The number of hydroxylamine groups is 2. The SMILES string of the molecule is O=C(NNC(=O)C1CCC2CN1C(=O)N2OCc1ccccc1)C1CCN(C(=O)O)C1. The van der Waals surface area contributed by atoms with Gasteiger partial charge in [0.25, 0.3) is 5.91 Å². The molecule has 0 saturated carbocycles. The number of hydrazine groups is 1. The van der Waals surface area contributed by atoms with Crippen molar-refractivity contribution < 1.29 is 29.1 Å². The molecule has 3 fully saturated rings. The molecule has 1 aromatic rings. The number of fused-ring (bicyclic) bond motifs is 2. The molecule has 11 heteroatoms. The highest BCUT2D eigenvalue weighted by atomic mass is 16.7. The number of rotatable bonds is 5. The summed E-state index contributed by atoms with van der Waals surface area (Å²) < 4.78 is 0. The number of carbonyl (C=O) groups is 4. The van der Waals surface area contributed by atoms with Crippen molar-refractivity contribution in [2.24, 2.45) is 5.92 Å². The van der Waals surface area contributed by atoms with Crippen molar-refractivity contribution >= 4 is 23.9 Å². The van der Waals surface area contributed by atoms with Crippen molar-refractivity contribution in [1.29, 1.82) is 0 Å². The zero-order valence-electron chi connectivity index (χ0n) is 16.9. The van der Waals surface area contributed by atoms with Gasteiger partial charge in [-0.05, 0) is 24.8 Å². The Labute approximate surface area is 178 Å². The average molecular weight is 431 g/mol. The number of nitrogens with zero attached hydrogens (tertiary/aromatic N) is 3. The molecule has 0 aliphatic carbocycles. The van der Waals surface area contributed by atoms with E-state index in [1.165, 1.54) is 14.9 Å². The van der Waals surface area contributed by atoms with Crippen LogP contribution in [0.2, 0.25) is 0 Å². The third-order valence-electron chi connectivity index (χ3n) is 5.98. The Morgan fingerprint density at radius 1 is 1.03 bits per heavy atom. The zero-order valence-corrected chi connectivity index (χ0v) is 16.9. The number of likely N-dealkylation sites (tertiary alicyclic amines) is 1. The Morgan fingerprint density at radius 3 is 2.48 bits per heavy atom. The molecule has 5 amide bonds. The third-order valence-corrected chi connectivity index (χ3v) is 5.98. The van der Waals surface area contributed by atoms with Crippen molar-refractivity contribution in [2.75, 3.05) is 19.6 Å². The van der Waals surface area contributed by atoms with E-state index in [9.17, 15) is 19.2 Å². The second-order valence-corrected chi connectivity index (χ2v) is 7.96. The van der Waals surface area contributed by atoms with E-state index >= 15 is 0 Å². The maximum absolute atomic E-state index is 12.8. The molecule has 11 nitrogen and oxygen atoms in total. The minimum Gasteiger partial charge on any atom is -0.465 e. The van der Waals surface area contributed by atoms with E-state index in [0.29, 0.717) is 25.8 Å². The van der Waals surface area contributed by atoms with Gasteiger partial charge in [-0.1, -0.05) is 30.3 Å². The summed E-state index contributed by atoms with van der Waals surface area (Å²) in [5, 5.41) is 10.3. The monoisotopic (exact) mass is 431 g/mol. The van der Waals surface area contributed by atoms with Gasteiger partial charge >= 0.3 is 12.1 Å². The molecule has 3 aliphatic rings. The number of nitrogens with one attached hydrogen (secondary N) is 2. The molecule has 0 aromatic heterocycles. The minimum atomic E-state index is -1.07. The largest absolute Gasteiger partial charge is 0.465 e. The number of carbonyl (C=O) groups excluding carboxylic acids is 3. The van der Waals surface area contributed by atoms with E-state index in [-0.39, 0.29) is 31.8 Å². The quantitative estimate of drug-likeness (QED) is 0.583. The standard InChI is InChI=1S/C20H25N5O6/c26-17(14-8-9-23(10-14)20(29)30)21-22-18(27)16-7-6-15-11-24(16)19(28)25(15)31-12-13-4-2-1-3-5-13/h1-5,14-16H,6-12H2,(H,21,26)(H,22,27)(H,29,30). The van der Waals surface area contributed by atoms with Crippen molar-refractivity contribution in [3.05, 3.63) is 35.9 Å². The third kappa shape index (κ3) is 4.41. The molecule has 1 aromatic carbocycles. The Kier molecular flexibility index (Phi) is 5.94. The first-order chi connectivity index (χ1) is 14.9. The number of carboxylic acid groups (broad SMARTS) is 1. The Hall–Kier alpha value is -3.34. The van der Waals surface area contributed by atoms with Crippen LogP contribution in [-0.4, -0.2) is 75.6 Å². The second kappa shape index (κ2) is 8.80. The molecule has 3 heterocycles. The van der Waals surface area contributed by atoms with Crippen LogP contribution in [0.4, 0.5) is 9.59 Å². The van der Waals surface area contributed by atoms with Crippen LogP contribution < -0.4 is 10.9 Å². The van der Waals surface area contributed by atoms with Crippen LogP contribution in [0, 0.1) is 5.92 Å². The number of hydrogen-bond donors (Lipinski definition) is 3. The normalized spacial score (nSPS) is 25.0. The molecular formula is C20H25N5O6. The topological polar surface area (TPSA) is 132 Å². The van der Waals surface area contributed by atoms with Gasteiger partial charge in [-0.3, -0.25) is 25.3 Å². The van der Waals surface area contributed by atoms with Crippen molar-refractivity contribution in [3.63, 3.8) is 0 Å². The number of urea groups is 1. The summed E-state index contributed by atoms with van der Waals surface area (Å²) in [5.74, 6) is -1.42. The first-order valence-corrected chi connectivity index (χ1v) is 10.3. The molecule has 3 atom stereocenters. The molecule has 3 unspecified atom stereocenters. The lowest BCUT2D eigenvalue weighted by atomic mass is 10.0. The van der Waals surface area contributed by atoms with Gasteiger partial charge < -0.3 is 14.9 Å². The van der Waals surface area contributed by atoms with E-state index < -0.39 is 29.9 Å². The van der Waals surface area contributed by atoms with Gasteiger partial charge in [-0.25, -0.2) is 9.59 Å². The summed E-state index contributed by atoms with van der Waals surface area (Å²) >= 11 is 0. The fourth-order valence-electron chi connectivity index (χ4n) is 4.25. The molecule has 4 rings (SSSR count). The van der Waals surface area contributed by atoms with Crippen LogP contribution >= 0.6 is 0 Å². The molecule has 0 spiro atoms. The van der Waals surface area contributed by atoms with Crippen LogP contribution in [-0.2, 0) is 21.0 Å². The predicted octanol–water partition coefficient (Wildman–Crippen LogP) is 0.534. The molecular weight excluding hydrogens is 406 g/mol. The summed E-state index contributed by atoms with van der Waals surface area (Å²) in [6.45, 7) is 1.03. The second-order valence-electron chi connectivity index (χ2n) is 7.96. The Morgan fingerprint density at radius 2 is 1.77 bits per heavy atom. The number of benzene rings is 1. The van der Waals surface area contributed by atoms with Gasteiger partial charge in [-0.15, -0.1) is 0 Å². The van der Waals surface area contributed by atoms with E-state index in [1.54, 1.807) is 0 Å². The van der Waals surface area contributed by atoms with E-state index in [2.05, 4.69) is 10.9 Å².